The fraction of sp³-hybridized carbons (Fsp3) is 1.00. The van der Waals surface area contributed by atoms with Gasteiger partial charge in [0.05, 0.1) is 18.5 Å². The molecule has 2 atom stereocenters. The Bertz CT molecular complexity index is 402. The molecule has 0 aromatic carbocycles. The van der Waals surface area contributed by atoms with Crippen LogP contribution < -0.4 is 10.0 Å². The highest BCUT2D eigenvalue weighted by atomic mass is 32.2. The van der Waals surface area contributed by atoms with Gasteiger partial charge in [-0.3, -0.25) is 4.90 Å². The van der Waals surface area contributed by atoms with E-state index in [-0.39, 0.29) is 11.9 Å². The third kappa shape index (κ3) is 5.83. The summed E-state index contributed by atoms with van der Waals surface area (Å²) in [6.45, 7) is 6.99. The normalized spacial score (nSPS) is 26.9. The van der Waals surface area contributed by atoms with Gasteiger partial charge in [-0.1, -0.05) is 6.92 Å². The minimum atomic E-state index is -3.17. The number of ether oxygens (including phenoxy) is 1. The molecule has 2 fully saturated rings. The van der Waals surface area contributed by atoms with Gasteiger partial charge in [0.15, 0.2) is 0 Å². The molecule has 7 heteroatoms. The summed E-state index contributed by atoms with van der Waals surface area (Å²) in [6, 6.07) is 0.559. The second kappa shape index (κ2) is 8.43. The highest BCUT2D eigenvalue weighted by Crippen LogP contribution is 2.22. The topological polar surface area (TPSA) is 70.7 Å². The Labute approximate surface area is 128 Å². The van der Waals surface area contributed by atoms with Crippen LogP contribution in [0, 0.1) is 0 Å². The lowest BCUT2D eigenvalue weighted by Gasteiger charge is -2.35. The van der Waals surface area contributed by atoms with Crippen molar-refractivity contribution in [2.45, 2.75) is 44.8 Å². The molecule has 2 unspecified atom stereocenters. The Morgan fingerprint density at radius 3 is 3.00 bits per heavy atom. The van der Waals surface area contributed by atoms with Crippen molar-refractivity contribution in [2.75, 3.05) is 45.1 Å². The average Bonchev–Trinajstić information content (AvgIpc) is 2.92. The van der Waals surface area contributed by atoms with E-state index in [1.54, 1.807) is 0 Å². The molecule has 0 radical (unpaired) electrons. The molecule has 0 saturated carbocycles. The molecular weight excluding hydrogens is 290 g/mol. The summed E-state index contributed by atoms with van der Waals surface area (Å²) in [7, 11) is -3.17. The number of hydrogen-bond acceptors (Lipinski definition) is 5. The molecule has 21 heavy (non-hydrogen) atoms. The smallest absolute Gasteiger partial charge is 0.211 e. The number of fused-ring (bicyclic) bond motifs is 1. The Balaban J connectivity index is 1.62. The second-order valence-corrected chi connectivity index (χ2v) is 7.90. The SMILES string of the molecule is CCNCCCCS(=O)(=O)NCC1CN2CCCC2CO1. The molecule has 2 heterocycles. The van der Waals surface area contributed by atoms with Gasteiger partial charge in [0.2, 0.25) is 10.0 Å². The van der Waals surface area contributed by atoms with Crippen molar-refractivity contribution in [3.05, 3.63) is 0 Å². The molecule has 0 aromatic heterocycles. The van der Waals surface area contributed by atoms with E-state index in [0.29, 0.717) is 19.0 Å². The van der Waals surface area contributed by atoms with E-state index in [0.717, 1.165) is 39.2 Å². The molecule has 2 aliphatic rings. The third-order valence-corrected chi connectivity index (χ3v) is 5.69. The van der Waals surface area contributed by atoms with Crippen LogP contribution in [-0.4, -0.2) is 70.5 Å². The molecule has 0 bridgehead atoms. The number of hydrogen-bond donors (Lipinski definition) is 2. The molecule has 0 amide bonds. The number of morpholine rings is 1. The van der Waals surface area contributed by atoms with Crippen LogP contribution in [0.2, 0.25) is 0 Å². The first-order valence-corrected chi connectivity index (χ1v) is 9.79. The van der Waals surface area contributed by atoms with Gasteiger partial charge in [-0.25, -0.2) is 13.1 Å². The molecule has 0 aliphatic carbocycles. The van der Waals surface area contributed by atoms with E-state index in [1.807, 2.05) is 6.92 Å². The van der Waals surface area contributed by atoms with Gasteiger partial charge in [0.1, 0.15) is 0 Å². The Hall–Kier alpha value is -0.210. The van der Waals surface area contributed by atoms with Crippen LogP contribution in [0.3, 0.4) is 0 Å². The van der Waals surface area contributed by atoms with Crippen molar-refractivity contribution < 1.29 is 13.2 Å². The van der Waals surface area contributed by atoms with E-state index >= 15 is 0 Å². The van der Waals surface area contributed by atoms with E-state index in [4.69, 9.17) is 4.74 Å². The monoisotopic (exact) mass is 319 g/mol. The number of unbranched alkanes of at least 4 members (excludes halogenated alkanes) is 1. The van der Waals surface area contributed by atoms with E-state index in [1.165, 1.54) is 12.8 Å². The Morgan fingerprint density at radius 2 is 2.19 bits per heavy atom. The summed E-state index contributed by atoms with van der Waals surface area (Å²) in [5.41, 5.74) is 0. The first-order valence-electron chi connectivity index (χ1n) is 8.14. The zero-order valence-electron chi connectivity index (χ0n) is 13.0. The van der Waals surface area contributed by atoms with Crippen LogP contribution in [-0.2, 0) is 14.8 Å². The van der Waals surface area contributed by atoms with Crippen molar-refractivity contribution in [1.29, 1.82) is 0 Å². The maximum absolute atomic E-state index is 11.9. The average molecular weight is 319 g/mol. The number of nitrogens with one attached hydrogen (secondary N) is 2. The van der Waals surface area contributed by atoms with Crippen LogP contribution in [0.4, 0.5) is 0 Å². The molecule has 0 spiro atoms. The summed E-state index contributed by atoms with van der Waals surface area (Å²) >= 11 is 0. The summed E-state index contributed by atoms with van der Waals surface area (Å²) in [5.74, 6) is 0.206. The standard InChI is InChI=1S/C14H29N3O3S/c1-2-15-7-3-4-9-21(18,19)16-10-14-11-17-8-5-6-13(17)12-20-14/h13-16H,2-12H2,1H3. The van der Waals surface area contributed by atoms with Crippen molar-refractivity contribution in [1.82, 2.24) is 14.9 Å². The van der Waals surface area contributed by atoms with E-state index in [2.05, 4.69) is 14.9 Å². The molecular formula is C14H29N3O3S. The van der Waals surface area contributed by atoms with Crippen molar-refractivity contribution in [3.63, 3.8) is 0 Å². The zero-order chi connectivity index (χ0) is 15.1. The Kier molecular flexibility index (Phi) is 6.88. The summed E-state index contributed by atoms with van der Waals surface area (Å²) in [5, 5.41) is 3.20. The Morgan fingerprint density at radius 1 is 1.33 bits per heavy atom. The lowest BCUT2D eigenvalue weighted by molar-refractivity contribution is -0.0449. The fourth-order valence-corrected chi connectivity index (χ4v) is 4.19. The molecule has 124 valence electrons. The maximum Gasteiger partial charge on any atom is 0.211 e. The minimum absolute atomic E-state index is 0.00381. The predicted octanol–water partition coefficient (Wildman–Crippen LogP) is 0.159. The highest BCUT2D eigenvalue weighted by Gasteiger charge is 2.32. The first kappa shape index (κ1) is 17.1. The van der Waals surface area contributed by atoms with E-state index < -0.39 is 10.0 Å². The lowest BCUT2D eigenvalue weighted by Crippen LogP contribution is -2.50. The van der Waals surface area contributed by atoms with Gasteiger partial charge in [0, 0.05) is 19.1 Å². The molecule has 2 rings (SSSR count). The van der Waals surface area contributed by atoms with Crippen LogP contribution >= 0.6 is 0 Å². The maximum atomic E-state index is 11.9. The molecule has 2 aliphatic heterocycles. The van der Waals surface area contributed by atoms with Crippen molar-refractivity contribution >= 4 is 10.0 Å². The number of nitrogens with zero attached hydrogens (tertiary/aromatic N) is 1. The van der Waals surface area contributed by atoms with Crippen LogP contribution in [0.25, 0.3) is 0 Å². The van der Waals surface area contributed by atoms with Gasteiger partial charge in [-0.2, -0.15) is 0 Å². The van der Waals surface area contributed by atoms with Gasteiger partial charge in [-0.15, -0.1) is 0 Å². The largest absolute Gasteiger partial charge is 0.374 e. The van der Waals surface area contributed by atoms with Crippen molar-refractivity contribution in [2.24, 2.45) is 0 Å². The quantitative estimate of drug-likeness (QED) is 0.593. The van der Waals surface area contributed by atoms with Crippen LogP contribution in [0.5, 0.6) is 0 Å². The lowest BCUT2D eigenvalue weighted by atomic mass is 10.2. The number of rotatable bonds is 9. The zero-order valence-corrected chi connectivity index (χ0v) is 13.8. The first-order chi connectivity index (χ1) is 10.1. The molecule has 6 nitrogen and oxygen atoms in total. The molecule has 2 saturated heterocycles. The van der Waals surface area contributed by atoms with Crippen LogP contribution in [0.1, 0.15) is 32.6 Å². The van der Waals surface area contributed by atoms with Gasteiger partial charge in [0.25, 0.3) is 0 Å². The molecule has 0 aromatic rings. The van der Waals surface area contributed by atoms with Crippen molar-refractivity contribution in [3.8, 4) is 0 Å². The minimum Gasteiger partial charge on any atom is -0.374 e. The summed E-state index contributed by atoms with van der Waals surface area (Å²) in [6.07, 6.45) is 4.03. The predicted molar refractivity (Wildman–Crippen MR) is 83.9 cm³/mol. The second-order valence-electron chi connectivity index (χ2n) is 5.97. The van der Waals surface area contributed by atoms with E-state index in [9.17, 15) is 8.42 Å². The van der Waals surface area contributed by atoms with Gasteiger partial charge in [-0.05, 0) is 45.3 Å². The summed E-state index contributed by atoms with van der Waals surface area (Å²) < 4.78 is 32.3. The fourth-order valence-electron chi connectivity index (χ4n) is 3.02. The molecule has 2 N–H and O–H groups in total. The highest BCUT2D eigenvalue weighted by molar-refractivity contribution is 7.89. The third-order valence-electron chi connectivity index (χ3n) is 4.26. The van der Waals surface area contributed by atoms with Gasteiger partial charge >= 0.3 is 0 Å². The van der Waals surface area contributed by atoms with Crippen LogP contribution in [0.15, 0.2) is 0 Å². The summed E-state index contributed by atoms with van der Waals surface area (Å²) in [4.78, 5) is 2.43. The van der Waals surface area contributed by atoms with Gasteiger partial charge < -0.3 is 10.1 Å². The number of sulfonamides is 1.